The molecule has 0 fully saturated rings. The Bertz CT molecular complexity index is 1360. The van der Waals surface area contributed by atoms with E-state index < -0.39 is 4.92 Å². The van der Waals surface area contributed by atoms with Gasteiger partial charge in [0.25, 0.3) is 11.6 Å². The van der Waals surface area contributed by atoms with Crippen LogP contribution in [0.5, 0.6) is 17.2 Å². The first kappa shape index (κ1) is 23.8. The predicted molar refractivity (Wildman–Crippen MR) is 134 cm³/mol. The summed E-state index contributed by atoms with van der Waals surface area (Å²) in [6.07, 6.45) is 3.44. The highest BCUT2D eigenvalue weighted by Gasteiger charge is 2.33. The first-order chi connectivity index (χ1) is 16.9. The molecule has 0 N–H and O–H groups in total. The Kier molecular flexibility index (Phi) is 6.75. The maximum Gasteiger partial charge on any atom is 0.271 e. The Morgan fingerprint density at radius 1 is 0.886 bits per heavy atom. The third-order valence-corrected chi connectivity index (χ3v) is 5.72. The summed E-state index contributed by atoms with van der Waals surface area (Å²) in [6.45, 7) is 0. The zero-order valence-electron chi connectivity index (χ0n) is 19.2. The van der Waals surface area contributed by atoms with Gasteiger partial charge >= 0.3 is 0 Å². The van der Waals surface area contributed by atoms with Crippen LogP contribution in [-0.4, -0.2) is 32.2 Å². The number of benzene rings is 3. The van der Waals surface area contributed by atoms with E-state index in [0.29, 0.717) is 44.7 Å². The van der Waals surface area contributed by atoms with E-state index in [2.05, 4.69) is 0 Å². The van der Waals surface area contributed by atoms with Crippen LogP contribution in [0.3, 0.4) is 0 Å². The molecule has 0 spiro atoms. The van der Waals surface area contributed by atoms with Crippen molar-refractivity contribution in [3.8, 4) is 17.2 Å². The van der Waals surface area contributed by atoms with Crippen LogP contribution in [-0.2, 0) is 4.79 Å². The third-order valence-electron chi connectivity index (χ3n) is 5.47. The van der Waals surface area contributed by atoms with Gasteiger partial charge in [-0.3, -0.25) is 19.8 Å². The van der Waals surface area contributed by atoms with Crippen LogP contribution in [0.4, 0.5) is 11.4 Å². The Morgan fingerprint density at radius 2 is 1.54 bits per heavy atom. The van der Waals surface area contributed by atoms with Crippen LogP contribution in [0.25, 0.3) is 11.8 Å². The minimum Gasteiger partial charge on any atom is -0.495 e. The highest BCUT2D eigenvalue weighted by atomic mass is 35.5. The fourth-order valence-corrected chi connectivity index (χ4v) is 3.90. The number of hydrogen-bond donors (Lipinski definition) is 0. The molecule has 35 heavy (non-hydrogen) atoms. The zero-order valence-corrected chi connectivity index (χ0v) is 19.9. The number of nitro groups is 1. The molecule has 178 valence electrons. The summed E-state index contributed by atoms with van der Waals surface area (Å²) in [5.74, 6) is 1.03. The number of carbonyl (C=O) groups is 1. The van der Waals surface area contributed by atoms with E-state index in [0.717, 1.165) is 0 Å². The molecule has 1 aliphatic rings. The van der Waals surface area contributed by atoms with E-state index in [4.69, 9.17) is 25.8 Å². The number of nitrogens with zero attached hydrogens (tertiary/aromatic N) is 2. The number of nitro benzene ring substituents is 1. The van der Waals surface area contributed by atoms with Crippen molar-refractivity contribution in [2.75, 3.05) is 26.2 Å². The summed E-state index contributed by atoms with van der Waals surface area (Å²) >= 11 is 6.06. The number of anilines is 1. The lowest BCUT2D eigenvalue weighted by Gasteiger charge is -2.22. The molecule has 0 aliphatic carbocycles. The van der Waals surface area contributed by atoms with Gasteiger partial charge in [0.2, 0.25) is 0 Å². The van der Waals surface area contributed by atoms with Crippen LogP contribution < -0.4 is 19.1 Å². The number of carbonyl (C=O) groups excluding carboxylic acids is 1. The molecule has 0 unspecified atom stereocenters. The lowest BCUT2D eigenvalue weighted by atomic mass is 10.1. The second-order valence-electron chi connectivity index (χ2n) is 7.50. The Morgan fingerprint density at radius 3 is 2.17 bits per heavy atom. The summed E-state index contributed by atoms with van der Waals surface area (Å²) in [7, 11) is 4.52. The number of amides is 1. The van der Waals surface area contributed by atoms with Crippen molar-refractivity contribution in [3.05, 3.63) is 98.6 Å². The average Bonchev–Trinajstić information content (AvgIpc) is 3.19. The van der Waals surface area contributed by atoms with Crippen molar-refractivity contribution >= 4 is 40.7 Å². The summed E-state index contributed by atoms with van der Waals surface area (Å²) in [4.78, 5) is 26.0. The monoisotopic (exact) mass is 492 g/mol. The maximum absolute atomic E-state index is 13.7. The molecule has 9 heteroatoms. The van der Waals surface area contributed by atoms with E-state index in [1.807, 2.05) is 0 Å². The summed E-state index contributed by atoms with van der Waals surface area (Å²) < 4.78 is 16.1. The summed E-state index contributed by atoms with van der Waals surface area (Å²) in [5.41, 5.74) is 2.40. The van der Waals surface area contributed by atoms with Crippen molar-refractivity contribution in [1.82, 2.24) is 0 Å². The largest absolute Gasteiger partial charge is 0.495 e. The van der Waals surface area contributed by atoms with Crippen molar-refractivity contribution in [2.24, 2.45) is 0 Å². The minimum absolute atomic E-state index is 0.165. The van der Waals surface area contributed by atoms with E-state index in [9.17, 15) is 14.9 Å². The molecular weight excluding hydrogens is 472 g/mol. The SMILES string of the molecule is COc1ccc(/C=C2\C=C(c3ccc(Cl)cc3)N(c3cc([N+](=O)[O-])ccc3OC)C2=O)cc1OC. The first-order valence-corrected chi connectivity index (χ1v) is 10.8. The zero-order chi connectivity index (χ0) is 25.1. The lowest BCUT2D eigenvalue weighted by Crippen LogP contribution is -2.25. The molecule has 0 atom stereocenters. The van der Waals surface area contributed by atoms with Gasteiger partial charge in [0.05, 0.1) is 37.6 Å². The first-order valence-electron chi connectivity index (χ1n) is 10.4. The molecule has 1 heterocycles. The number of non-ortho nitro benzene ring substituents is 1. The smallest absolute Gasteiger partial charge is 0.271 e. The van der Waals surface area contributed by atoms with Crippen molar-refractivity contribution in [2.45, 2.75) is 0 Å². The van der Waals surface area contributed by atoms with Gasteiger partial charge in [-0.15, -0.1) is 0 Å². The van der Waals surface area contributed by atoms with Crippen LogP contribution in [0.2, 0.25) is 5.02 Å². The molecule has 3 aromatic rings. The molecule has 0 saturated heterocycles. The second kappa shape index (κ2) is 9.90. The third kappa shape index (κ3) is 4.69. The molecule has 3 aromatic carbocycles. The molecule has 1 amide bonds. The van der Waals surface area contributed by atoms with Gasteiger partial charge in [-0.1, -0.05) is 29.8 Å². The molecule has 0 saturated carbocycles. The van der Waals surface area contributed by atoms with E-state index in [1.165, 1.54) is 37.3 Å². The van der Waals surface area contributed by atoms with Crippen LogP contribution in [0, 0.1) is 10.1 Å². The number of rotatable bonds is 7. The molecule has 4 rings (SSSR count). The maximum atomic E-state index is 13.7. The Balaban J connectivity index is 1.88. The predicted octanol–water partition coefficient (Wildman–Crippen LogP) is 5.75. The van der Waals surface area contributed by atoms with Gasteiger partial charge < -0.3 is 14.2 Å². The topological polar surface area (TPSA) is 91.1 Å². The fraction of sp³-hybridized carbons (Fsp3) is 0.115. The van der Waals surface area contributed by atoms with Gasteiger partial charge in [-0.25, -0.2) is 0 Å². The molecule has 8 nitrogen and oxygen atoms in total. The van der Waals surface area contributed by atoms with E-state index in [1.54, 1.807) is 61.7 Å². The Labute approximate surface area is 206 Å². The molecule has 0 radical (unpaired) electrons. The van der Waals surface area contributed by atoms with Crippen LogP contribution in [0.15, 0.2) is 72.3 Å². The molecular formula is C26H21ClN2O6. The van der Waals surface area contributed by atoms with Crippen molar-refractivity contribution in [3.63, 3.8) is 0 Å². The lowest BCUT2D eigenvalue weighted by molar-refractivity contribution is -0.384. The van der Waals surface area contributed by atoms with Crippen LogP contribution in [0.1, 0.15) is 11.1 Å². The summed E-state index contributed by atoms with van der Waals surface area (Å²) in [5, 5.41) is 12.0. The number of hydrogen-bond acceptors (Lipinski definition) is 6. The molecule has 1 aliphatic heterocycles. The van der Waals surface area contributed by atoms with E-state index >= 15 is 0 Å². The Hall–Kier alpha value is -4.30. The highest BCUT2D eigenvalue weighted by Crippen LogP contribution is 2.42. The second-order valence-corrected chi connectivity index (χ2v) is 7.94. The number of halogens is 1. The molecule has 0 bridgehead atoms. The van der Waals surface area contributed by atoms with Gasteiger partial charge in [0, 0.05) is 22.7 Å². The normalized spacial score (nSPS) is 14.2. The van der Waals surface area contributed by atoms with Crippen molar-refractivity contribution in [1.29, 1.82) is 0 Å². The minimum atomic E-state index is -0.518. The van der Waals surface area contributed by atoms with Crippen molar-refractivity contribution < 1.29 is 23.9 Å². The standard InChI is InChI=1S/C26H21ClN2O6/c1-33-23-11-9-20(29(31)32)15-22(23)28-21(17-5-7-19(27)8-6-17)14-18(26(28)30)12-16-4-10-24(34-2)25(13-16)35-3/h4-15H,1-3H3/b18-12+. The van der Waals surface area contributed by atoms with Gasteiger partial charge in [0.15, 0.2) is 11.5 Å². The van der Waals surface area contributed by atoms with Gasteiger partial charge in [-0.2, -0.15) is 0 Å². The highest BCUT2D eigenvalue weighted by molar-refractivity contribution is 6.30. The van der Waals surface area contributed by atoms with Crippen LogP contribution >= 0.6 is 11.6 Å². The van der Waals surface area contributed by atoms with E-state index in [-0.39, 0.29) is 17.3 Å². The molecule has 0 aromatic heterocycles. The quantitative estimate of drug-likeness (QED) is 0.237. The van der Waals surface area contributed by atoms with Gasteiger partial charge in [-0.05, 0) is 53.6 Å². The average molecular weight is 493 g/mol. The fourth-order valence-electron chi connectivity index (χ4n) is 3.78. The number of ether oxygens (including phenoxy) is 3. The van der Waals surface area contributed by atoms with Gasteiger partial charge in [0.1, 0.15) is 5.75 Å². The summed E-state index contributed by atoms with van der Waals surface area (Å²) in [6, 6.07) is 16.4. The number of methoxy groups -OCH3 is 3.